The van der Waals surface area contributed by atoms with E-state index in [1.165, 1.54) is 0 Å². The molecule has 2 aromatic heterocycles. The monoisotopic (exact) mass is 509 g/mol. The van der Waals surface area contributed by atoms with E-state index in [9.17, 15) is 24.2 Å². The minimum Gasteiger partial charge on any atom is -0.497 e. The summed E-state index contributed by atoms with van der Waals surface area (Å²) in [5.74, 6) is -1.26. The lowest BCUT2D eigenvalue weighted by Gasteiger charge is -2.40. The number of aromatic nitrogens is 4. The first kappa shape index (κ1) is 25.5. The topological polar surface area (TPSA) is 94.5 Å². The molecule has 1 aromatic carbocycles. The molecule has 0 saturated carbocycles. The number of rotatable bonds is 8. The largest absolute Gasteiger partial charge is 0.497 e. The van der Waals surface area contributed by atoms with Crippen molar-refractivity contribution >= 4 is 21.7 Å². The number of halogens is 5. The first-order chi connectivity index (χ1) is 15.4. The zero-order valence-corrected chi connectivity index (χ0v) is 19.9. The molecule has 0 fully saturated rings. The standard InChI is InChI=1S/C20H24F5N5O3S/c1-6-11(2)33-19-13(4)12(3)18-27-29(20(26)30(18)28-19)10-17(31)14-7-15(32-5)9-16(8-14)34(21,22,23,24)25/h7-9,11,26H,6,10H2,1-5H3/t11-/m1/s1. The molecule has 0 amide bonds. The van der Waals surface area contributed by atoms with Crippen LogP contribution in [0.3, 0.4) is 0 Å². The van der Waals surface area contributed by atoms with Crippen molar-refractivity contribution in [2.75, 3.05) is 7.11 Å². The van der Waals surface area contributed by atoms with Crippen molar-refractivity contribution in [2.24, 2.45) is 0 Å². The Bertz CT molecular complexity index is 1350. The summed E-state index contributed by atoms with van der Waals surface area (Å²) in [6, 6.07) is 1.14. The van der Waals surface area contributed by atoms with Crippen molar-refractivity contribution in [3.63, 3.8) is 0 Å². The maximum Gasteiger partial charge on any atom is 0.310 e. The van der Waals surface area contributed by atoms with Crippen LogP contribution in [0.5, 0.6) is 11.6 Å². The van der Waals surface area contributed by atoms with E-state index in [4.69, 9.17) is 10.1 Å². The molecule has 34 heavy (non-hydrogen) atoms. The molecule has 1 atom stereocenters. The van der Waals surface area contributed by atoms with E-state index in [0.717, 1.165) is 22.4 Å². The Labute approximate surface area is 191 Å². The second kappa shape index (κ2) is 7.68. The predicted molar refractivity (Wildman–Crippen MR) is 115 cm³/mol. The molecular weight excluding hydrogens is 485 g/mol. The summed E-state index contributed by atoms with van der Waals surface area (Å²) in [5, 5.41) is 16.8. The molecular formula is C20H24F5N5O3S. The van der Waals surface area contributed by atoms with Crippen LogP contribution in [-0.2, 0) is 6.54 Å². The number of hydrogen-bond donors (Lipinski definition) is 1. The fraction of sp³-hybridized carbons (Fsp3) is 0.400. The first-order valence-corrected chi connectivity index (χ1v) is 12.0. The second-order valence-electron chi connectivity index (χ2n) is 7.90. The van der Waals surface area contributed by atoms with Gasteiger partial charge in [0, 0.05) is 22.8 Å². The zero-order valence-electron chi connectivity index (χ0n) is 19.0. The van der Waals surface area contributed by atoms with Crippen molar-refractivity contribution in [2.45, 2.75) is 51.7 Å². The van der Waals surface area contributed by atoms with Gasteiger partial charge in [-0.3, -0.25) is 10.2 Å². The maximum atomic E-state index is 13.3. The number of aryl methyl sites for hydroxylation is 1. The van der Waals surface area contributed by atoms with Crippen LogP contribution in [0.25, 0.3) is 5.65 Å². The van der Waals surface area contributed by atoms with Gasteiger partial charge in [-0.05, 0) is 39.3 Å². The summed E-state index contributed by atoms with van der Waals surface area (Å²) in [7, 11) is -9.07. The van der Waals surface area contributed by atoms with Crippen LogP contribution < -0.4 is 15.1 Å². The Morgan fingerprint density at radius 1 is 1.12 bits per heavy atom. The minimum absolute atomic E-state index is 0.0815. The van der Waals surface area contributed by atoms with E-state index in [1.807, 2.05) is 13.8 Å². The van der Waals surface area contributed by atoms with E-state index >= 15 is 0 Å². The Kier molecular flexibility index (Phi) is 5.75. The maximum absolute atomic E-state index is 13.3. The lowest BCUT2D eigenvalue weighted by atomic mass is 10.1. The number of hydrogen-bond acceptors (Lipinski definition) is 6. The highest BCUT2D eigenvalue weighted by Crippen LogP contribution is 3.02. The number of carbonyl (C=O) groups is 1. The van der Waals surface area contributed by atoms with Crippen molar-refractivity contribution in [3.8, 4) is 11.6 Å². The molecule has 14 heteroatoms. The van der Waals surface area contributed by atoms with Gasteiger partial charge in [-0.2, -0.15) is 4.52 Å². The molecule has 8 nitrogen and oxygen atoms in total. The third kappa shape index (κ3) is 5.00. The van der Waals surface area contributed by atoms with Crippen molar-refractivity contribution < 1.29 is 33.7 Å². The number of nitrogens with one attached hydrogen (secondary N) is 1. The molecule has 3 aromatic rings. The van der Waals surface area contributed by atoms with E-state index in [2.05, 4.69) is 14.9 Å². The molecule has 1 N–H and O–H groups in total. The Hall–Kier alpha value is -3.16. The van der Waals surface area contributed by atoms with Gasteiger partial charge >= 0.3 is 10.2 Å². The van der Waals surface area contributed by atoms with Gasteiger partial charge in [0.2, 0.25) is 11.5 Å². The highest BCUT2D eigenvalue weighted by atomic mass is 32.5. The molecule has 0 bridgehead atoms. The van der Waals surface area contributed by atoms with Crippen LogP contribution in [0.4, 0.5) is 19.4 Å². The van der Waals surface area contributed by atoms with Crippen LogP contribution in [0.1, 0.15) is 41.8 Å². The Morgan fingerprint density at radius 2 is 1.76 bits per heavy atom. The van der Waals surface area contributed by atoms with Crippen molar-refractivity contribution in [1.29, 1.82) is 5.41 Å². The SMILES string of the molecule is CC[C@@H](C)Oc1nn2c(=N)n(CC(=O)c3cc(OC)cc(S(F)(F)(F)(F)F)c3)nc2c(C)c1C. The molecule has 2 heterocycles. The summed E-state index contributed by atoms with van der Waals surface area (Å²) in [5.41, 5.74) is 0.525. The summed E-state index contributed by atoms with van der Waals surface area (Å²) < 4.78 is 79.2. The van der Waals surface area contributed by atoms with Gasteiger partial charge in [-0.1, -0.05) is 26.4 Å². The summed E-state index contributed by atoms with van der Waals surface area (Å²) in [6.07, 6.45) is 0.567. The minimum atomic E-state index is -10.1. The summed E-state index contributed by atoms with van der Waals surface area (Å²) in [4.78, 5) is 10.5. The molecule has 0 aliphatic carbocycles. The van der Waals surface area contributed by atoms with Gasteiger partial charge < -0.3 is 9.47 Å². The van der Waals surface area contributed by atoms with E-state index in [1.54, 1.807) is 13.8 Å². The first-order valence-electron chi connectivity index (χ1n) is 10.1. The van der Waals surface area contributed by atoms with E-state index in [-0.39, 0.29) is 35.4 Å². The van der Waals surface area contributed by atoms with Crippen LogP contribution in [0.15, 0.2) is 23.1 Å². The molecule has 0 spiro atoms. The van der Waals surface area contributed by atoms with Crippen molar-refractivity contribution in [1.82, 2.24) is 19.4 Å². The second-order valence-corrected chi connectivity index (χ2v) is 10.3. The normalized spacial score (nSPS) is 15.0. The molecule has 3 rings (SSSR count). The van der Waals surface area contributed by atoms with Crippen LogP contribution in [0, 0.1) is 19.3 Å². The third-order valence-corrected chi connectivity index (χ3v) is 6.46. The number of Topliss-reactive ketones (excluding diaryl/α,β-unsaturated/α-hetero) is 1. The van der Waals surface area contributed by atoms with E-state index < -0.39 is 38.8 Å². The molecule has 188 valence electrons. The van der Waals surface area contributed by atoms with Gasteiger partial charge in [0.05, 0.1) is 13.2 Å². The quantitative estimate of drug-likeness (QED) is 0.326. The number of nitrogens with zero attached hydrogens (tertiary/aromatic N) is 4. The van der Waals surface area contributed by atoms with Gasteiger partial charge in [-0.15, -0.1) is 10.2 Å². The number of ketones is 1. The average molecular weight is 510 g/mol. The highest BCUT2D eigenvalue weighted by Gasteiger charge is 2.65. The molecule has 0 aliphatic heterocycles. The molecule has 0 radical (unpaired) electrons. The van der Waals surface area contributed by atoms with Gasteiger partial charge in [0.25, 0.3) is 0 Å². The van der Waals surface area contributed by atoms with Gasteiger partial charge in [0.1, 0.15) is 17.2 Å². The fourth-order valence-corrected chi connectivity index (χ4v) is 3.72. The van der Waals surface area contributed by atoms with Gasteiger partial charge in [-0.25, -0.2) is 4.68 Å². The van der Waals surface area contributed by atoms with E-state index in [0.29, 0.717) is 17.5 Å². The summed E-state index contributed by atoms with van der Waals surface area (Å²) >= 11 is 0. The van der Waals surface area contributed by atoms with Crippen LogP contribution in [0.2, 0.25) is 0 Å². The lowest BCUT2D eigenvalue weighted by Crippen LogP contribution is -2.27. The molecule has 0 saturated heterocycles. The lowest BCUT2D eigenvalue weighted by molar-refractivity contribution is 0.0965. The van der Waals surface area contributed by atoms with Crippen LogP contribution in [-0.4, -0.2) is 38.4 Å². The third-order valence-electron chi connectivity index (χ3n) is 5.33. The zero-order chi connectivity index (χ0) is 25.7. The number of benzene rings is 1. The highest BCUT2D eigenvalue weighted by molar-refractivity contribution is 8.45. The van der Waals surface area contributed by atoms with Crippen molar-refractivity contribution in [3.05, 3.63) is 40.5 Å². The number of fused-ring (bicyclic) bond motifs is 1. The number of carbonyl (C=O) groups excluding carboxylic acids is 1. The number of ether oxygens (including phenoxy) is 2. The van der Waals surface area contributed by atoms with Crippen LogP contribution >= 0.6 is 10.2 Å². The molecule has 0 unspecified atom stereocenters. The Balaban J connectivity index is 2.05. The smallest absolute Gasteiger partial charge is 0.310 e. The Morgan fingerprint density at radius 3 is 2.32 bits per heavy atom. The number of methoxy groups -OCH3 is 1. The molecule has 0 aliphatic rings. The average Bonchev–Trinajstić information content (AvgIpc) is 3.05. The van der Waals surface area contributed by atoms with Gasteiger partial charge in [0.15, 0.2) is 11.4 Å². The fourth-order valence-electron chi connectivity index (χ4n) is 3.03. The summed E-state index contributed by atoms with van der Waals surface area (Å²) in [6.45, 7) is 6.57. The predicted octanol–water partition coefficient (Wildman–Crippen LogP) is 5.35.